The molecule has 5 heteroatoms. The normalized spacial score (nSPS) is 21.9. The van der Waals surface area contributed by atoms with E-state index in [1.807, 2.05) is 6.08 Å². The number of thiocarbonyl (C=S) groups is 1. The smallest absolute Gasteiger partial charge is 0.276 e. The van der Waals surface area contributed by atoms with Crippen molar-refractivity contribution in [3.8, 4) is 0 Å². The van der Waals surface area contributed by atoms with E-state index in [9.17, 15) is 4.79 Å². The van der Waals surface area contributed by atoms with Crippen molar-refractivity contribution in [3.63, 3.8) is 0 Å². The molecule has 2 fully saturated rings. The van der Waals surface area contributed by atoms with Crippen LogP contribution >= 0.6 is 23.6 Å². The fourth-order valence-corrected chi connectivity index (χ4v) is 3.41. The van der Waals surface area contributed by atoms with E-state index in [1.165, 1.54) is 9.75 Å². The van der Waals surface area contributed by atoms with Gasteiger partial charge in [0.2, 0.25) is 0 Å². The molecule has 1 N–H and O–H groups in total. The molecule has 1 aliphatic carbocycles. The Balaban J connectivity index is 1.91. The minimum absolute atomic E-state index is 0.0192. The lowest BCUT2D eigenvalue weighted by Gasteiger charge is -2.11. The largest absolute Gasteiger partial charge is 0.328 e. The second kappa shape index (κ2) is 4.17. The molecule has 1 amide bonds. The molecule has 3 nitrogen and oxygen atoms in total. The molecule has 2 heterocycles. The molecule has 0 aromatic carbocycles. The van der Waals surface area contributed by atoms with Crippen LogP contribution in [-0.4, -0.2) is 22.0 Å². The van der Waals surface area contributed by atoms with Crippen LogP contribution in [0.4, 0.5) is 0 Å². The van der Waals surface area contributed by atoms with Gasteiger partial charge in [-0.3, -0.25) is 9.69 Å². The zero-order valence-corrected chi connectivity index (χ0v) is 12.0. The van der Waals surface area contributed by atoms with Gasteiger partial charge in [0.15, 0.2) is 5.11 Å². The molecule has 1 aromatic heterocycles. The lowest BCUT2D eigenvalue weighted by molar-refractivity contribution is -0.122. The first-order valence-corrected chi connectivity index (χ1v) is 7.22. The van der Waals surface area contributed by atoms with Crippen LogP contribution in [0.15, 0.2) is 11.8 Å². The SMILES string of the molecule is Cc1cc(/C=C2/NC(=S)N(C3CC3)C2=O)c(C)s1. The van der Waals surface area contributed by atoms with Crippen LogP contribution in [-0.2, 0) is 4.79 Å². The molecule has 0 unspecified atom stereocenters. The van der Waals surface area contributed by atoms with Crippen molar-refractivity contribution in [2.75, 3.05) is 0 Å². The van der Waals surface area contributed by atoms with E-state index in [-0.39, 0.29) is 5.91 Å². The van der Waals surface area contributed by atoms with E-state index in [0.717, 1.165) is 18.4 Å². The van der Waals surface area contributed by atoms with Gasteiger partial charge in [0.1, 0.15) is 5.70 Å². The van der Waals surface area contributed by atoms with Gasteiger partial charge in [-0.2, -0.15) is 0 Å². The van der Waals surface area contributed by atoms with Gasteiger partial charge >= 0.3 is 0 Å². The van der Waals surface area contributed by atoms with Crippen LogP contribution in [0.25, 0.3) is 6.08 Å². The Kier molecular flexibility index (Phi) is 2.75. The molecule has 18 heavy (non-hydrogen) atoms. The van der Waals surface area contributed by atoms with Crippen molar-refractivity contribution in [3.05, 3.63) is 27.1 Å². The molecule has 1 saturated heterocycles. The third-order valence-corrected chi connectivity index (χ3v) is 4.48. The van der Waals surface area contributed by atoms with Gasteiger partial charge in [-0.1, -0.05) is 0 Å². The lowest BCUT2D eigenvalue weighted by Crippen LogP contribution is -2.32. The number of aryl methyl sites for hydroxylation is 2. The maximum Gasteiger partial charge on any atom is 0.276 e. The summed E-state index contributed by atoms with van der Waals surface area (Å²) in [6, 6.07) is 2.43. The number of carbonyl (C=O) groups is 1. The average Bonchev–Trinajstić information content (AvgIpc) is 3.00. The van der Waals surface area contributed by atoms with E-state index < -0.39 is 0 Å². The summed E-state index contributed by atoms with van der Waals surface area (Å²) in [5.41, 5.74) is 1.71. The van der Waals surface area contributed by atoms with Gasteiger partial charge in [-0.25, -0.2) is 0 Å². The predicted octanol–water partition coefficient (Wildman–Crippen LogP) is 2.58. The summed E-state index contributed by atoms with van der Waals surface area (Å²) in [6.45, 7) is 4.14. The Hall–Kier alpha value is -1.20. The first-order chi connectivity index (χ1) is 8.56. The number of nitrogens with zero attached hydrogens (tertiary/aromatic N) is 1. The molecule has 1 aliphatic heterocycles. The third kappa shape index (κ3) is 1.97. The summed E-state index contributed by atoms with van der Waals surface area (Å²) in [7, 11) is 0. The fraction of sp³-hybridized carbons (Fsp3) is 0.385. The van der Waals surface area contributed by atoms with Crippen molar-refractivity contribution in [2.24, 2.45) is 0 Å². The maximum atomic E-state index is 12.2. The monoisotopic (exact) mass is 278 g/mol. The Morgan fingerprint density at radius 2 is 2.22 bits per heavy atom. The van der Waals surface area contributed by atoms with Gasteiger partial charge < -0.3 is 5.32 Å². The van der Waals surface area contributed by atoms with Gasteiger partial charge in [0.05, 0.1) is 0 Å². The maximum absolute atomic E-state index is 12.2. The van der Waals surface area contributed by atoms with Crippen molar-refractivity contribution in [2.45, 2.75) is 32.7 Å². The number of carbonyl (C=O) groups excluding carboxylic acids is 1. The number of thiophene rings is 1. The Morgan fingerprint density at radius 3 is 2.78 bits per heavy atom. The molecule has 2 aliphatic rings. The van der Waals surface area contributed by atoms with Crippen molar-refractivity contribution in [1.29, 1.82) is 0 Å². The summed E-state index contributed by atoms with van der Waals surface area (Å²) < 4.78 is 0. The fourth-order valence-electron chi connectivity index (χ4n) is 2.16. The molecule has 94 valence electrons. The highest BCUT2D eigenvalue weighted by Gasteiger charge is 2.41. The van der Waals surface area contributed by atoms with Crippen LogP contribution in [0.3, 0.4) is 0 Å². The Morgan fingerprint density at radius 1 is 1.50 bits per heavy atom. The van der Waals surface area contributed by atoms with E-state index >= 15 is 0 Å². The minimum Gasteiger partial charge on any atom is -0.328 e. The number of amides is 1. The van der Waals surface area contributed by atoms with Crippen molar-refractivity contribution in [1.82, 2.24) is 10.2 Å². The predicted molar refractivity (Wildman–Crippen MR) is 77.4 cm³/mol. The topological polar surface area (TPSA) is 32.3 Å². The summed E-state index contributed by atoms with van der Waals surface area (Å²) in [6.07, 6.45) is 4.05. The minimum atomic E-state index is 0.0192. The molecular weight excluding hydrogens is 264 g/mol. The van der Waals surface area contributed by atoms with Gasteiger partial charge in [-0.05, 0) is 56.6 Å². The zero-order chi connectivity index (χ0) is 12.9. The molecule has 0 spiro atoms. The summed E-state index contributed by atoms with van der Waals surface area (Å²) in [5, 5.41) is 3.59. The van der Waals surface area contributed by atoms with Gasteiger partial charge in [0, 0.05) is 15.8 Å². The van der Waals surface area contributed by atoms with Gasteiger partial charge in [-0.15, -0.1) is 11.3 Å². The van der Waals surface area contributed by atoms with Crippen LogP contribution in [0.1, 0.15) is 28.2 Å². The average molecular weight is 278 g/mol. The molecule has 1 aromatic rings. The molecule has 0 radical (unpaired) electrons. The van der Waals surface area contributed by atoms with Crippen molar-refractivity contribution >= 4 is 40.7 Å². The van der Waals surface area contributed by atoms with E-state index in [4.69, 9.17) is 12.2 Å². The van der Waals surface area contributed by atoms with Crippen LogP contribution in [0.5, 0.6) is 0 Å². The summed E-state index contributed by atoms with van der Waals surface area (Å²) in [5.74, 6) is 0.0192. The van der Waals surface area contributed by atoms with E-state index in [0.29, 0.717) is 16.9 Å². The summed E-state index contributed by atoms with van der Waals surface area (Å²) >= 11 is 6.96. The first-order valence-electron chi connectivity index (χ1n) is 5.99. The highest BCUT2D eigenvalue weighted by atomic mass is 32.1. The second-order valence-electron chi connectivity index (χ2n) is 4.76. The molecular formula is C13H14N2OS2. The highest BCUT2D eigenvalue weighted by Crippen LogP contribution is 2.31. The second-order valence-corrected chi connectivity index (χ2v) is 6.61. The highest BCUT2D eigenvalue weighted by molar-refractivity contribution is 7.80. The standard InChI is InChI=1S/C13H14N2OS2/c1-7-5-9(8(2)18-7)6-11-12(16)15(10-3-4-10)13(17)14-11/h5-6,10H,3-4H2,1-2H3,(H,14,17)/b11-6+. The molecule has 3 rings (SSSR count). The number of hydrogen-bond donors (Lipinski definition) is 1. The third-order valence-electron chi connectivity index (χ3n) is 3.20. The number of rotatable bonds is 2. The van der Waals surface area contributed by atoms with Crippen LogP contribution < -0.4 is 5.32 Å². The molecule has 1 saturated carbocycles. The van der Waals surface area contributed by atoms with E-state index in [2.05, 4.69) is 25.2 Å². The number of nitrogens with one attached hydrogen (secondary N) is 1. The van der Waals surface area contributed by atoms with Crippen LogP contribution in [0, 0.1) is 13.8 Å². The Labute approximate surface area is 115 Å². The first kappa shape index (κ1) is 11.9. The van der Waals surface area contributed by atoms with Crippen molar-refractivity contribution < 1.29 is 4.79 Å². The lowest BCUT2D eigenvalue weighted by atomic mass is 10.2. The number of hydrogen-bond acceptors (Lipinski definition) is 3. The summed E-state index contributed by atoms with van der Waals surface area (Å²) in [4.78, 5) is 16.4. The molecule has 0 atom stereocenters. The molecule has 0 bridgehead atoms. The quantitative estimate of drug-likeness (QED) is 0.666. The van der Waals surface area contributed by atoms with E-state index in [1.54, 1.807) is 16.2 Å². The zero-order valence-electron chi connectivity index (χ0n) is 10.3. The van der Waals surface area contributed by atoms with Gasteiger partial charge in [0.25, 0.3) is 5.91 Å². The van der Waals surface area contributed by atoms with Crippen LogP contribution in [0.2, 0.25) is 0 Å². The Bertz CT molecular complexity index is 570.